The van der Waals surface area contributed by atoms with Gasteiger partial charge in [0.15, 0.2) is 0 Å². The van der Waals surface area contributed by atoms with Gasteiger partial charge in [-0.05, 0) is 29.8 Å². The lowest BCUT2D eigenvalue weighted by Crippen LogP contribution is -2.30. The molecule has 1 aromatic heterocycles. The highest BCUT2D eigenvalue weighted by Gasteiger charge is 2.20. The van der Waals surface area contributed by atoms with Gasteiger partial charge in [-0.15, -0.1) is 0 Å². The summed E-state index contributed by atoms with van der Waals surface area (Å²) in [5.74, 6) is -1.27. The Kier molecular flexibility index (Phi) is 5.61. The molecule has 6 nitrogen and oxygen atoms in total. The molecule has 0 aliphatic carbocycles. The van der Waals surface area contributed by atoms with E-state index in [1.807, 2.05) is 30.3 Å². The van der Waals surface area contributed by atoms with Crippen LogP contribution in [0.15, 0.2) is 67.0 Å². The summed E-state index contributed by atoms with van der Waals surface area (Å²) in [5, 5.41) is 6.97. The Labute approximate surface area is 155 Å². The minimum Gasteiger partial charge on any atom is -0.469 e. The van der Waals surface area contributed by atoms with Crippen LogP contribution in [0.25, 0.3) is 5.69 Å². The van der Waals surface area contributed by atoms with Crippen molar-refractivity contribution >= 4 is 11.9 Å². The first kappa shape index (κ1) is 18.3. The number of methoxy groups -OCH3 is 1. The lowest BCUT2D eigenvalue weighted by Gasteiger charge is -2.17. The average Bonchev–Trinajstić information content (AvgIpc) is 3.19. The zero-order valence-electron chi connectivity index (χ0n) is 14.6. The van der Waals surface area contributed by atoms with Gasteiger partial charge in [0, 0.05) is 6.20 Å². The maximum Gasteiger partial charge on any atom is 0.307 e. The maximum atomic E-state index is 13.2. The third kappa shape index (κ3) is 4.58. The van der Waals surface area contributed by atoms with E-state index in [1.54, 1.807) is 10.9 Å². The molecule has 27 heavy (non-hydrogen) atoms. The van der Waals surface area contributed by atoms with E-state index in [9.17, 15) is 14.0 Å². The summed E-state index contributed by atoms with van der Waals surface area (Å²) >= 11 is 0. The number of halogens is 1. The smallest absolute Gasteiger partial charge is 0.307 e. The van der Waals surface area contributed by atoms with Crippen LogP contribution in [0.2, 0.25) is 0 Å². The van der Waals surface area contributed by atoms with Crippen molar-refractivity contribution in [3.8, 4) is 5.69 Å². The number of aromatic nitrogens is 2. The number of carbonyl (C=O) groups is 2. The topological polar surface area (TPSA) is 73.2 Å². The molecule has 0 saturated carbocycles. The van der Waals surface area contributed by atoms with E-state index in [0.717, 1.165) is 5.69 Å². The summed E-state index contributed by atoms with van der Waals surface area (Å²) < 4.78 is 19.5. The van der Waals surface area contributed by atoms with Gasteiger partial charge in [0.1, 0.15) is 5.82 Å². The number of carbonyl (C=O) groups excluding carboxylic acids is 2. The molecule has 0 bridgehead atoms. The van der Waals surface area contributed by atoms with Crippen molar-refractivity contribution in [2.75, 3.05) is 7.11 Å². The number of benzene rings is 2. The van der Waals surface area contributed by atoms with Crippen LogP contribution in [0.1, 0.15) is 28.4 Å². The number of nitrogens with one attached hydrogen (secondary N) is 1. The number of ether oxygens (including phenoxy) is 1. The molecule has 0 spiro atoms. The molecule has 2 aromatic carbocycles. The van der Waals surface area contributed by atoms with E-state index >= 15 is 0 Å². The first-order chi connectivity index (χ1) is 13.1. The Hall–Kier alpha value is -3.48. The Bertz CT molecular complexity index is 923. The van der Waals surface area contributed by atoms with Gasteiger partial charge in [-0.25, -0.2) is 9.07 Å². The molecule has 138 valence electrons. The van der Waals surface area contributed by atoms with Crippen molar-refractivity contribution < 1.29 is 18.7 Å². The van der Waals surface area contributed by atoms with E-state index in [4.69, 9.17) is 4.74 Å². The summed E-state index contributed by atoms with van der Waals surface area (Å²) in [7, 11) is 1.27. The van der Waals surface area contributed by atoms with Gasteiger partial charge >= 0.3 is 5.97 Å². The van der Waals surface area contributed by atoms with Crippen LogP contribution < -0.4 is 5.32 Å². The molecule has 1 N–H and O–H groups in total. The van der Waals surface area contributed by atoms with E-state index < -0.39 is 23.7 Å². The SMILES string of the molecule is COC(=O)CC(NC(=O)c1cnn(-c2ccccc2)c1)c1ccc(F)cc1. The van der Waals surface area contributed by atoms with Gasteiger partial charge in [0.2, 0.25) is 0 Å². The second-order valence-electron chi connectivity index (χ2n) is 5.87. The highest BCUT2D eigenvalue weighted by Crippen LogP contribution is 2.19. The molecular weight excluding hydrogens is 349 g/mol. The van der Waals surface area contributed by atoms with Crippen molar-refractivity contribution in [2.45, 2.75) is 12.5 Å². The number of amides is 1. The normalized spacial score (nSPS) is 11.6. The highest BCUT2D eigenvalue weighted by atomic mass is 19.1. The molecule has 1 unspecified atom stereocenters. The first-order valence-electron chi connectivity index (χ1n) is 8.30. The molecule has 0 saturated heterocycles. The van der Waals surface area contributed by atoms with Gasteiger partial charge in [-0.1, -0.05) is 30.3 Å². The van der Waals surface area contributed by atoms with Crippen LogP contribution in [0.3, 0.4) is 0 Å². The number of para-hydroxylation sites is 1. The molecular formula is C20H18FN3O3. The summed E-state index contributed by atoms with van der Waals surface area (Å²) in [4.78, 5) is 24.3. The molecule has 1 atom stereocenters. The first-order valence-corrected chi connectivity index (χ1v) is 8.30. The van der Waals surface area contributed by atoms with Gasteiger partial charge in [-0.3, -0.25) is 9.59 Å². The monoisotopic (exact) mass is 367 g/mol. The Morgan fingerprint density at radius 3 is 2.52 bits per heavy atom. The third-order valence-electron chi connectivity index (χ3n) is 4.04. The van der Waals surface area contributed by atoms with Crippen molar-refractivity contribution in [1.29, 1.82) is 0 Å². The number of hydrogen-bond donors (Lipinski definition) is 1. The number of hydrogen-bond acceptors (Lipinski definition) is 4. The van der Waals surface area contributed by atoms with Crippen LogP contribution in [0.4, 0.5) is 4.39 Å². The highest BCUT2D eigenvalue weighted by molar-refractivity contribution is 5.94. The molecule has 7 heteroatoms. The molecule has 0 aliphatic heterocycles. The Balaban J connectivity index is 1.79. The van der Waals surface area contributed by atoms with Crippen LogP contribution in [-0.2, 0) is 9.53 Å². The summed E-state index contributed by atoms with van der Waals surface area (Å²) in [6.45, 7) is 0. The Morgan fingerprint density at radius 1 is 1.15 bits per heavy atom. The molecule has 1 heterocycles. The summed E-state index contributed by atoms with van der Waals surface area (Å²) in [6, 6.07) is 14.3. The van der Waals surface area contributed by atoms with Gasteiger partial charge in [-0.2, -0.15) is 5.10 Å². The van der Waals surface area contributed by atoms with Crippen molar-refractivity contribution in [3.05, 3.63) is 83.9 Å². The maximum absolute atomic E-state index is 13.2. The molecule has 0 radical (unpaired) electrons. The fourth-order valence-corrected chi connectivity index (χ4v) is 2.60. The molecule has 3 aromatic rings. The second-order valence-corrected chi connectivity index (χ2v) is 5.87. The van der Waals surface area contributed by atoms with Gasteiger partial charge < -0.3 is 10.1 Å². The number of esters is 1. The molecule has 0 fully saturated rings. The predicted molar refractivity (Wildman–Crippen MR) is 96.8 cm³/mol. The zero-order chi connectivity index (χ0) is 19.2. The largest absolute Gasteiger partial charge is 0.469 e. The van der Waals surface area contributed by atoms with Crippen LogP contribution in [0.5, 0.6) is 0 Å². The summed E-state index contributed by atoms with van der Waals surface area (Å²) in [5.41, 5.74) is 1.77. The lowest BCUT2D eigenvalue weighted by molar-refractivity contribution is -0.141. The molecule has 3 rings (SSSR count). The van der Waals surface area contributed by atoms with Crippen LogP contribution >= 0.6 is 0 Å². The van der Waals surface area contributed by atoms with Crippen LogP contribution in [-0.4, -0.2) is 28.8 Å². The van der Waals surface area contributed by atoms with E-state index in [-0.39, 0.29) is 6.42 Å². The standard InChI is InChI=1S/C20H18FN3O3/c1-27-19(25)11-18(14-7-9-16(21)10-8-14)23-20(26)15-12-22-24(13-15)17-5-3-2-4-6-17/h2-10,12-13,18H,11H2,1H3,(H,23,26). The summed E-state index contributed by atoms with van der Waals surface area (Å²) in [6.07, 6.45) is 2.98. The average molecular weight is 367 g/mol. The van der Waals surface area contributed by atoms with Gasteiger partial charge in [0.05, 0.1) is 37.0 Å². The quantitative estimate of drug-likeness (QED) is 0.680. The fraction of sp³-hybridized carbons (Fsp3) is 0.150. The third-order valence-corrected chi connectivity index (χ3v) is 4.04. The van der Waals surface area contributed by atoms with Crippen molar-refractivity contribution in [1.82, 2.24) is 15.1 Å². The van der Waals surface area contributed by atoms with Gasteiger partial charge in [0.25, 0.3) is 5.91 Å². The van der Waals surface area contributed by atoms with Crippen molar-refractivity contribution in [2.24, 2.45) is 0 Å². The number of rotatable bonds is 6. The molecule has 1 amide bonds. The zero-order valence-corrected chi connectivity index (χ0v) is 14.6. The lowest BCUT2D eigenvalue weighted by atomic mass is 10.0. The van der Waals surface area contributed by atoms with Crippen molar-refractivity contribution in [3.63, 3.8) is 0 Å². The minimum absolute atomic E-state index is 0.0688. The Morgan fingerprint density at radius 2 is 1.85 bits per heavy atom. The van der Waals surface area contributed by atoms with E-state index in [2.05, 4.69) is 10.4 Å². The van der Waals surface area contributed by atoms with E-state index in [0.29, 0.717) is 11.1 Å². The minimum atomic E-state index is -0.648. The van der Waals surface area contributed by atoms with E-state index in [1.165, 1.54) is 37.6 Å². The fourth-order valence-electron chi connectivity index (χ4n) is 2.60. The van der Waals surface area contributed by atoms with Crippen LogP contribution in [0, 0.1) is 5.82 Å². The number of nitrogens with zero attached hydrogens (tertiary/aromatic N) is 2. The molecule has 0 aliphatic rings. The predicted octanol–water partition coefficient (Wildman–Crippen LogP) is 3.05. The second kappa shape index (κ2) is 8.27.